The first-order valence-corrected chi connectivity index (χ1v) is 8.38. The average molecular weight is 349 g/mol. The van der Waals surface area contributed by atoms with Gasteiger partial charge in [-0.3, -0.25) is 15.0 Å². The van der Waals surface area contributed by atoms with Crippen molar-refractivity contribution < 1.29 is 23.8 Å². The lowest BCUT2D eigenvalue weighted by Gasteiger charge is -2.34. The Hall–Kier alpha value is -2.32. The van der Waals surface area contributed by atoms with Gasteiger partial charge in [0.1, 0.15) is 13.2 Å². The van der Waals surface area contributed by atoms with Gasteiger partial charge in [-0.2, -0.15) is 0 Å². The van der Waals surface area contributed by atoms with Crippen molar-refractivity contribution in [3.63, 3.8) is 0 Å². The minimum Gasteiger partial charge on any atom is -0.486 e. The summed E-state index contributed by atoms with van der Waals surface area (Å²) in [6.07, 6.45) is 0.145. The van der Waals surface area contributed by atoms with E-state index in [9.17, 15) is 9.59 Å². The van der Waals surface area contributed by atoms with Crippen LogP contribution in [0.25, 0.3) is 0 Å². The van der Waals surface area contributed by atoms with Crippen LogP contribution in [-0.2, 0) is 9.53 Å². The van der Waals surface area contributed by atoms with Crippen LogP contribution in [0.5, 0.6) is 11.5 Å². The summed E-state index contributed by atoms with van der Waals surface area (Å²) < 4.78 is 16.5. The maximum absolute atomic E-state index is 12.1. The molecule has 2 aliphatic rings. The second-order valence-electron chi connectivity index (χ2n) is 6.31. The van der Waals surface area contributed by atoms with Crippen molar-refractivity contribution in [2.75, 3.05) is 38.2 Å². The first-order valence-electron chi connectivity index (χ1n) is 8.38. The standard InChI is InChI=1S/C17H23N3O5/c1-11-8-20(9-12(2)25-11)10-16(21)19-17(22)18-13-3-4-14-15(7-13)24-6-5-23-14/h3-4,7,11-12H,5-6,8-10H2,1-2H3,(H2,18,19,21,22)/t11-,12-/m1/s1. The molecule has 25 heavy (non-hydrogen) atoms. The number of fused-ring (bicyclic) bond motifs is 1. The number of morpholine rings is 1. The van der Waals surface area contributed by atoms with Crippen LogP contribution in [0.1, 0.15) is 13.8 Å². The van der Waals surface area contributed by atoms with Crippen molar-refractivity contribution in [3.8, 4) is 11.5 Å². The lowest BCUT2D eigenvalue weighted by molar-refractivity contribution is -0.124. The van der Waals surface area contributed by atoms with E-state index in [-0.39, 0.29) is 24.7 Å². The van der Waals surface area contributed by atoms with E-state index in [1.807, 2.05) is 18.7 Å². The Morgan fingerprint density at radius 3 is 2.52 bits per heavy atom. The van der Waals surface area contributed by atoms with Crippen molar-refractivity contribution in [1.82, 2.24) is 10.2 Å². The molecule has 3 rings (SSSR count). The maximum atomic E-state index is 12.1. The smallest absolute Gasteiger partial charge is 0.325 e. The van der Waals surface area contributed by atoms with Crippen LogP contribution in [0, 0.1) is 0 Å². The predicted molar refractivity (Wildman–Crippen MR) is 91.0 cm³/mol. The number of ether oxygens (including phenoxy) is 3. The lowest BCUT2D eigenvalue weighted by Crippen LogP contribution is -2.50. The van der Waals surface area contributed by atoms with Crippen molar-refractivity contribution >= 4 is 17.6 Å². The molecule has 8 heteroatoms. The van der Waals surface area contributed by atoms with E-state index < -0.39 is 6.03 Å². The van der Waals surface area contributed by atoms with E-state index in [1.54, 1.807) is 18.2 Å². The highest BCUT2D eigenvalue weighted by molar-refractivity contribution is 6.01. The first kappa shape index (κ1) is 17.5. The summed E-state index contributed by atoms with van der Waals surface area (Å²) in [4.78, 5) is 26.0. The SMILES string of the molecule is C[C@@H]1CN(CC(=O)NC(=O)Nc2ccc3c(c2)OCCO3)C[C@@H](C)O1. The molecule has 0 aromatic heterocycles. The van der Waals surface area contributed by atoms with Crippen molar-refractivity contribution in [1.29, 1.82) is 0 Å². The molecule has 0 aliphatic carbocycles. The fourth-order valence-corrected chi connectivity index (χ4v) is 3.07. The van der Waals surface area contributed by atoms with Crippen LogP contribution in [0.2, 0.25) is 0 Å². The third-order valence-electron chi connectivity index (χ3n) is 3.92. The Morgan fingerprint density at radius 2 is 1.80 bits per heavy atom. The molecule has 0 saturated carbocycles. The number of rotatable bonds is 3. The van der Waals surface area contributed by atoms with Crippen molar-refractivity contribution in [3.05, 3.63) is 18.2 Å². The predicted octanol–water partition coefficient (Wildman–Crippen LogP) is 1.22. The van der Waals surface area contributed by atoms with Crippen molar-refractivity contribution in [2.24, 2.45) is 0 Å². The summed E-state index contributed by atoms with van der Waals surface area (Å²) in [6, 6.07) is 4.52. The highest BCUT2D eigenvalue weighted by Gasteiger charge is 2.24. The van der Waals surface area contributed by atoms with Gasteiger partial charge in [0, 0.05) is 24.8 Å². The Balaban J connectivity index is 1.49. The molecule has 2 N–H and O–H groups in total. The molecule has 0 spiro atoms. The number of hydrogen-bond donors (Lipinski definition) is 2. The van der Waals surface area contributed by atoms with Gasteiger partial charge in [0.15, 0.2) is 11.5 Å². The minimum absolute atomic E-state index is 0.0723. The minimum atomic E-state index is -0.573. The summed E-state index contributed by atoms with van der Waals surface area (Å²) in [5.74, 6) is 0.867. The molecule has 0 radical (unpaired) electrons. The van der Waals surface area contributed by atoms with Gasteiger partial charge in [-0.05, 0) is 26.0 Å². The van der Waals surface area contributed by atoms with Gasteiger partial charge in [-0.1, -0.05) is 0 Å². The molecule has 8 nitrogen and oxygen atoms in total. The maximum Gasteiger partial charge on any atom is 0.325 e. The molecule has 2 aliphatic heterocycles. The summed E-state index contributed by atoms with van der Waals surface area (Å²) >= 11 is 0. The van der Waals surface area contributed by atoms with Crippen LogP contribution in [-0.4, -0.2) is 61.9 Å². The van der Waals surface area contributed by atoms with Crippen LogP contribution < -0.4 is 20.1 Å². The summed E-state index contributed by atoms with van der Waals surface area (Å²) in [6.45, 7) is 6.41. The van der Waals surface area contributed by atoms with Crippen LogP contribution in [0.15, 0.2) is 18.2 Å². The normalized spacial score (nSPS) is 23.0. The molecular formula is C17H23N3O5. The number of nitrogens with zero attached hydrogens (tertiary/aromatic N) is 1. The molecule has 1 saturated heterocycles. The van der Waals surface area contributed by atoms with Gasteiger partial charge in [0.05, 0.1) is 18.8 Å². The topological polar surface area (TPSA) is 89.1 Å². The van der Waals surface area contributed by atoms with Crippen LogP contribution in [0.3, 0.4) is 0 Å². The number of anilines is 1. The second kappa shape index (κ2) is 7.71. The molecule has 2 heterocycles. The van der Waals surface area contributed by atoms with E-state index in [0.717, 1.165) is 0 Å². The molecule has 0 bridgehead atoms. The third kappa shape index (κ3) is 4.83. The van der Waals surface area contributed by atoms with E-state index in [1.165, 1.54) is 0 Å². The molecule has 0 unspecified atom stereocenters. The molecule has 136 valence electrons. The molecule has 3 amide bonds. The Kier molecular flexibility index (Phi) is 5.40. The number of urea groups is 1. The summed E-state index contributed by atoms with van der Waals surface area (Å²) in [7, 11) is 0. The third-order valence-corrected chi connectivity index (χ3v) is 3.92. The van der Waals surface area contributed by atoms with Gasteiger partial charge in [-0.15, -0.1) is 0 Å². The number of benzene rings is 1. The zero-order chi connectivity index (χ0) is 17.8. The molecule has 1 aromatic carbocycles. The van der Waals surface area contributed by atoms with E-state index in [0.29, 0.717) is 43.5 Å². The zero-order valence-electron chi connectivity index (χ0n) is 14.4. The van der Waals surface area contributed by atoms with E-state index in [2.05, 4.69) is 10.6 Å². The monoisotopic (exact) mass is 349 g/mol. The Labute approximate surface area is 146 Å². The van der Waals surface area contributed by atoms with Crippen molar-refractivity contribution in [2.45, 2.75) is 26.1 Å². The molecular weight excluding hydrogens is 326 g/mol. The summed E-state index contributed by atoms with van der Waals surface area (Å²) in [5, 5.41) is 4.97. The highest BCUT2D eigenvalue weighted by atomic mass is 16.6. The van der Waals surface area contributed by atoms with Gasteiger partial charge >= 0.3 is 6.03 Å². The number of carbonyl (C=O) groups is 2. The van der Waals surface area contributed by atoms with E-state index >= 15 is 0 Å². The number of imide groups is 1. The zero-order valence-corrected chi connectivity index (χ0v) is 14.4. The molecule has 2 atom stereocenters. The fourth-order valence-electron chi connectivity index (χ4n) is 3.07. The number of amides is 3. The number of carbonyl (C=O) groups excluding carboxylic acids is 2. The van der Waals surface area contributed by atoms with Crippen LogP contribution in [0.4, 0.5) is 10.5 Å². The molecule has 1 fully saturated rings. The fraction of sp³-hybridized carbons (Fsp3) is 0.529. The lowest BCUT2D eigenvalue weighted by atomic mass is 10.2. The molecule has 1 aromatic rings. The Bertz CT molecular complexity index is 641. The van der Waals surface area contributed by atoms with Gasteiger partial charge in [0.2, 0.25) is 5.91 Å². The Morgan fingerprint density at radius 1 is 1.12 bits per heavy atom. The quantitative estimate of drug-likeness (QED) is 0.853. The highest BCUT2D eigenvalue weighted by Crippen LogP contribution is 2.32. The second-order valence-corrected chi connectivity index (χ2v) is 6.31. The van der Waals surface area contributed by atoms with Gasteiger partial charge < -0.3 is 19.5 Å². The first-order chi connectivity index (χ1) is 12.0. The van der Waals surface area contributed by atoms with Gasteiger partial charge in [0.25, 0.3) is 0 Å². The van der Waals surface area contributed by atoms with Crippen LogP contribution >= 0.6 is 0 Å². The summed E-state index contributed by atoms with van der Waals surface area (Å²) in [5.41, 5.74) is 0.531. The van der Waals surface area contributed by atoms with E-state index in [4.69, 9.17) is 14.2 Å². The van der Waals surface area contributed by atoms with Gasteiger partial charge in [-0.25, -0.2) is 4.79 Å². The average Bonchev–Trinajstić information content (AvgIpc) is 2.53. The number of hydrogen-bond acceptors (Lipinski definition) is 6. The largest absolute Gasteiger partial charge is 0.486 e. The number of nitrogens with one attached hydrogen (secondary N) is 2.